The molecule has 0 fully saturated rings. The molecule has 61 heavy (non-hydrogen) atoms. The lowest BCUT2D eigenvalue weighted by molar-refractivity contribution is -0.161. The van der Waals surface area contributed by atoms with E-state index in [1.165, 1.54) is 89.9 Å². The Morgan fingerprint density at radius 2 is 0.951 bits per heavy atom. The zero-order chi connectivity index (χ0) is 44.8. The second-order valence-electron chi connectivity index (χ2n) is 15.8. The van der Waals surface area contributed by atoms with Crippen LogP contribution in [-0.4, -0.2) is 65.7 Å². The molecule has 3 atom stereocenters. The van der Waals surface area contributed by atoms with Gasteiger partial charge in [-0.1, -0.05) is 189 Å². The normalized spacial score (nSPS) is 14.4. The van der Waals surface area contributed by atoms with Gasteiger partial charge in [-0.15, -0.1) is 0 Å². The summed E-state index contributed by atoms with van der Waals surface area (Å²) in [5.41, 5.74) is 0. The highest BCUT2D eigenvalue weighted by molar-refractivity contribution is 7.47. The Kier molecular flexibility index (Phi) is 43.5. The maximum atomic E-state index is 12.6. The highest BCUT2D eigenvalue weighted by Gasteiger charge is 2.27. The Morgan fingerprint density at radius 3 is 1.51 bits per heavy atom. The van der Waals surface area contributed by atoms with Gasteiger partial charge in [-0.3, -0.25) is 18.6 Å². The SMILES string of the molecule is CC/C=C/C=C/C=C/C=C/CCCCCCCC(=O)O[C@@H](COC(=O)CCC/C=C/CC/C=C/CCCCCCCCCCCCCCCC)COP(=O)(O)OC[C@H](O)CO. The number of aliphatic hydroxyl groups excluding tert-OH is 2. The number of hydrogen-bond donors (Lipinski definition) is 3. The Labute approximate surface area is 371 Å². The summed E-state index contributed by atoms with van der Waals surface area (Å²) in [6, 6.07) is 0. The van der Waals surface area contributed by atoms with E-state index in [0.717, 1.165) is 64.2 Å². The molecule has 10 nitrogen and oxygen atoms in total. The monoisotopic (exact) mass is 879 g/mol. The van der Waals surface area contributed by atoms with E-state index in [4.69, 9.17) is 19.1 Å². The van der Waals surface area contributed by atoms with Gasteiger partial charge in [-0.05, 0) is 64.2 Å². The smallest absolute Gasteiger partial charge is 0.462 e. The summed E-state index contributed by atoms with van der Waals surface area (Å²) in [5, 5.41) is 18.4. The van der Waals surface area contributed by atoms with E-state index in [0.29, 0.717) is 12.8 Å². The first-order chi connectivity index (χ1) is 29.7. The lowest BCUT2D eigenvalue weighted by atomic mass is 10.0. The molecule has 1 unspecified atom stereocenters. The average Bonchev–Trinajstić information content (AvgIpc) is 3.25. The molecular weight excluding hydrogens is 792 g/mol. The molecule has 0 radical (unpaired) electrons. The van der Waals surface area contributed by atoms with Crippen LogP contribution in [0, 0.1) is 0 Å². The van der Waals surface area contributed by atoms with Crippen LogP contribution in [0.25, 0.3) is 0 Å². The number of esters is 2. The van der Waals surface area contributed by atoms with E-state index in [-0.39, 0.29) is 19.4 Å². The van der Waals surface area contributed by atoms with E-state index in [1.54, 1.807) is 0 Å². The van der Waals surface area contributed by atoms with Crippen molar-refractivity contribution in [1.29, 1.82) is 0 Å². The number of phosphoric acid groups is 1. The summed E-state index contributed by atoms with van der Waals surface area (Å²) >= 11 is 0. The number of allylic oxidation sites excluding steroid dienone is 12. The molecule has 0 bridgehead atoms. The van der Waals surface area contributed by atoms with E-state index < -0.39 is 51.8 Å². The molecule has 0 aliphatic rings. The zero-order valence-corrected chi connectivity index (χ0v) is 39.3. The van der Waals surface area contributed by atoms with E-state index >= 15 is 0 Å². The molecule has 0 aromatic carbocycles. The highest BCUT2D eigenvalue weighted by Crippen LogP contribution is 2.43. The molecule has 0 rings (SSSR count). The van der Waals surface area contributed by atoms with Gasteiger partial charge < -0.3 is 24.6 Å². The van der Waals surface area contributed by atoms with Crippen LogP contribution in [0.2, 0.25) is 0 Å². The second-order valence-corrected chi connectivity index (χ2v) is 17.3. The first kappa shape index (κ1) is 58.4. The molecule has 3 N–H and O–H groups in total. The summed E-state index contributed by atoms with van der Waals surface area (Å²) in [7, 11) is -4.64. The standard InChI is InChI=1S/C50H87O10P/c1-3-5-7-9-11-13-15-17-19-20-21-22-23-24-25-26-28-29-31-33-35-37-39-41-49(53)57-45-48(46-59-61(55,56)58-44-47(52)43-51)60-50(54)42-40-38-36-34-32-30-27-18-16-14-12-10-8-6-4-2/h6,8,10,12,14,16,18,26-28,33,35,47-48,51-52H,3-5,7,9,11,13,15,17,19-25,29-32,34,36-46H2,1-2H3,(H,55,56)/b8-6+,12-10+,16-14+,27-18+,28-26+,35-33+/t47-,48+/m1/s1. The maximum Gasteiger partial charge on any atom is 0.472 e. The third kappa shape index (κ3) is 45.3. The van der Waals surface area contributed by atoms with Crippen LogP contribution in [0.3, 0.4) is 0 Å². The van der Waals surface area contributed by atoms with Crippen LogP contribution >= 0.6 is 7.82 Å². The first-order valence-corrected chi connectivity index (χ1v) is 25.4. The van der Waals surface area contributed by atoms with Crippen molar-refractivity contribution in [3.8, 4) is 0 Å². The fourth-order valence-corrected chi connectivity index (χ4v) is 7.05. The topological polar surface area (TPSA) is 149 Å². The predicted octanol–water partition coefficient (Wildman–Crippen LogP) is 13.2. The molecule has 0 amide bonds. The van der Waals surface area contributed by atoms with Gasteiger partial charge >= 0.3 is 19.8 Å². The highest BCUT2D eigenvalue weighted by atomic mass is 31.2. The summed E-state index contributed by atoms with van der Waals surface area (Å²) in [4.78, 5) is 35.0. The second kappa shape index (κ2) is 45.4. The Bertz CT molecular complexity index is 1240. The fourth-order valence-electron chi connectivity index (χ4n) is 6.26. The molecule has 0 aliphatic heterocycles. The fraction of sp³-hybridized carbons (Fsp3) is 0.720. The number of hydrogen-bond acceptors (Lipinski definition) is 9. The van der Waals surface area contributed by atoms with E-state index in [1.807, 2.05) is 36.5 Å². The Morgan fingerprint density at radius 1 is 0.508 bits per heavy atom. The molecule has 0 spiro atoms. The average molecular weight is 879 g/mol. The van der Waals surface area contributed by atoms with Crippen LogP contribution in [-0.2, 0) is 32.7 Å². The number of rotatable bonds is 44. The lowest BCUT2D eigenvalue weighted by Crippen LogP contribution is -2.29. The van der Waals surface area contributed by atoms with Gasteiger partial charge in [0, 0.05) is 12.8 Å². The molecule has 0 saturated carbocycles. The van der Waals surface area contributed by atoms with Crippen LogP contribution in [0.15, 0.2) is 72.9 Å². The minimum absolute atomic E-state index is 0.147. The number of ether oxygens (including phenoxy) is 2. The number of carbonyl (C=O) groups is 2. The number of carbonyl (C=O) groups excluding carboxylic acids is 2. The molecule has 352 valence electrons. The van der Waals surface area contributed by atoms with Gasteiger partial charge in [0.25, 0.3) is 0 Å². The lowest BCUT2D eigenvalue weighted by Gasteiger charge is -2.20. The van der Waals surface area contributed by atoms with Crippen molar-refractivity contribution in [3.05, 3.63) is 72.9 Å². The van der Waals surface area contributed by atoms with Crippen LogP contribution in [0.5, 0.6) is 0 Å². The van der Waals surface area contributed by atoms with Gasteiger partial charge in [0.05, 0.1) is 19.8 Å². The molecule has 0 aromatic rings. The van der Waals surface area contributed by atoms with Gasteiger partial charge in [0.1, 0.15) is 12.7 Å². The quantitative estimate of drug-likeness (QED) is 0.0177. The summed E-state index contributed by atoms with van der Waals surface area (Å²) in [5.74, 6) is -1.00. The Hall–Kier alpha value is -2.59. The van der Waals surface area contributed by atoms with E-state index in [2.05, 4.69) is 54.8 Å². The van der Waals surface area contributed by atoms with Crippen molar-refractivity contribution < 1.29 is 47.8 Å². The summed E-state index contributed by atoms with van der Waals surface area (Å²) in [6.45, 7) is 2.18. The number of phosphoric ester groups is 1. The summed E-state index contributed by atoms with van der Waals surface area (Å²) in [6.07, 6.45) is 53.2. The van der Waals surface area contributed by atoms with Gasteiger partial charge in [0.15, 0.2) is 6.10 Å². The molecule has 0 aliphatic carbocycles. The van der Waals surface area contributed by atoms with E-state index in [9.17, 15) is 24.2 Å². The molecule has 0 aromatic heterocycles. The van der Waals surface area contributed by atoms with Crippen molar-refractivity contribution in [1.82, 2.24) is 0 Å². The van der Waals surface area contributed by atoms with Crippen molar-refractivity contribution in [3.63, 3.8) is 0 Å². The first-order valence-electron chi connectivity index (χ1n) is 23.9. The van der Waals surface area contributed by atoms with Crippen molar-refractivity contribution in [2.24, 2.45) is 0 Å². The third-order valence-corrected chi connectivity index (χ3v) is 10.9. The van der Waals surface area contributed by atoms with Crippen molar-refractivity contribution in [2.45, 2.75) is 206 Å². The maximum absolute atomic E-state index is 12.6. The largest absolute Gasteiger partial charge is 0.472 e. The number of aliphatic hydroxyl groups is 2. The van der Waals surface area contributed by atoms with Gasteiger partial charge in [-0.25, -0.2) is 4.57 Å². The minimum atomic E-state index is -4.64. The van der Waals surface area contributed by atoms with Crippen LogP contribution in [0.1, 0.15) is 194 Å². The zero-order valence-electron chi connectivity index (χ0n) is 38.4. The van der Waals surface area contributed by atoms with Crippen molar-refractivity contribution >= 4 is 19.8 Å². The molecule has 11 heteroatoms. The van der Waals surface area contributed by atoms with Crippen LogP contribution in [0.4, 0.5) is 0 Å². The van der Waals surface area contributed by atoms with Crippen LogP contribution < -0.4 is 0 Å². The Balaban J connectivity index is 4.28. The number of unbranched alkanes of at least 4 members (excludes halogenated alkanes) is 21. The van der Waals surface area contributed by atoms with Gasteiger partial charge in [0.2, 0.25) is 0 Å². The predicted molar refractivity (Wildman–Crippen MR) is 251 cm³/mol. The third-order valence-electron chi connectivity index (χ3n) is 9.92. The minimum Gasteiger partial charge on any atom is -0.462 e. The molecule has 0 heterocycles. The summed E-state index contributed by atoms with van der Waals surface area (Å²) < 4.78 is 32.7. The van der Waals surface area contributed by atoms with Crippen molar-refractivity contribution in [2.75, 3.05) is 26.4 Å². The molecular formula is C50H87O10P. The molecule has 0 saturated heterocycles. The van der Waals surface area contributed by atoms with Gasteiger partial charge in [-0.2, -0.15) is 0 Å².